The molecule has 0 saturated heterocycles. The van der Waals surface area contributed by atoms with Crippen molar-refractivity contribution in [3.63, 3.8) is 0 Å². The lowest BCUT2D eigenvalue weighted by Gasteiger charge is -2.18. The highest BCUT2D eigenvalue weighted by molar-refractivity contribution is 7.80. The maximum Gasteiger partial charge on any atom is 0.253 e. The van der Waals surface area contributed by atoms with Crippen LogP contribution in [0.1, 0.15) is 21.5 Å². The van der Waals surface area contributed by atoms with Gasteiger partial charge in [-0.15, -0.1) is 0 Å². The summed E-state index contributed by atoms with van der Waals surface area (Å²) < 4.78 is 0. The molecule has 0 heterocycles. The summed E-state index contributed by atoms with van der Waals surface area (Å²) in [5, 5.41) is 8.06. The minimum atomic E-state index is -0.205. The second kappa shape index (κ2) is 10.7. The van der Waals surface area contributed by atoms with Gasteiger partial charge in [-0.3, -0.25) is 9.59 Å². The Labute approximate surface area is 204 Å². The van der Waals surface area contributed by atoms with Crippen molar-refractivity contribution in [3.8, 4) is 0 Å². The quantitative estimate of drug-likeness (QED) is 0.384. The lowest BCUT2D eigenvalue weighted by atomic mass is 10.0. The highest BCUT2D eigenvalue weighted by atomic mass is 32.1. The number of carbonyl (C=O) groups excluding carboxylic acids is 2. The van der Waals surface area contributed by atoms with E-state index in [-0.39, 0.29) is 23.3 Å². The number of carbonyl (C=O) groups is 2. The maximum absolute atomic E-state index is 12.9. The molecule has 0 radical (unpaired) electrons. The number of anilines is 1. The van der Waals surface area contributed by atoms with Gasteiger partial charge in [0.15, 0.2) is 5.11 Å². The van der Waals surface area contributed by atoms with Gasteiger partial charge in [-0.05, 0) is 52.3 Å². The Kier molecular flexibility index (Phi) is 7.30. The molecule has 170 valence electrons. The van der Waals surface area contributed by atoms with Gasteiger partial charge in [0.05, 0.1) is 6.42 Å². The van der Waals surface area contributed by atoms with Crippen molar-refractivity contribution in [3.05, 3.63) is 114 Å². The van der Waals surface area contributed by atoms with E-state index in [4.69, 9.17) is 12.2 Å². The standard InChI is InChI=1S/C28H25N3O2S/c1-31(19-20-9-3-2-4-10-20)27(33)23-14-8-15-24(17-23)29-28(34)30-26(32)18-22-13-7-12-21-11-5-6-16-25(21)22/h2-17H,18-19H2,1H3,(H2,29,30,32,34). The first-order valence-electron chi connectivity index (χ1n) is 11.0. The fourth-order valence-electron chi connectivity index (χ4n) is 3.83. The first kappa shape index (κ1) is 23.1. The van der Waals surface area contributed by atoms with Gasteiger partial charge in [0, 0.05) is 24.8 Å². The van der Waals surface area contributed by atoms with Crippen LogP contribution in [0.25, 0.3) is 10.8 Å². The van der Waals surface area contributed by atoms with Crippen LogP contribution in [0.5, 0.6) is 0 Å². The molecule has 4 aromatic carbocycles. The molecular weight excluding hydrogens is 442 g/mol. The van der Waals surface area contributed by atoms with Crippen LogP contribution in [0.4, 0.5) is 5.69 Å². The van der Waals surface area contributed by atoms with Crippen LogP contribution in [0, 0.1) is 0 Å². The molecular formula is C28H25N3O2S. The molecule has 0 aliphatic rings. The van der Waals surface area contributed by atoms with Crippen molar-refractivity contribution in [1.29, 1.82) is 0 Å². The van der Waals surface area contributed by atoms with E-state index in [1.54, 1.807) is 36.2 Å². The molecule has 0 spiro atoms. The van der Waals surface area contributed by atoms with Gasteiger partial charge >= 0.3 is 0 Å². The van der Waals surface area contributed by atoms with Crippen molar-refractivity contribution in [2.75, 3.05) is 12.4 Å². The molecule has 34 heavy (non-hydrogen) atoms. The van der Waals surface area contributed by atoms with E-state index in [1.165, 1.54) is 0 Å². The number of nitrogens with one attached hydrogen (secondary N) is 2. The number of nitrogens with zero attached hydrogens (tertiary/aromatic N) is 1. The molecule has 0 aromatic heterocycles. The van der Waals surface area contributed by atoms with Crippen molar-refractivity contribution in [2.24, 2.45) is 0 Å². The Morgan fingerprint density at radius 3 is 2.38 bits per heavy atom. The molecule has 0 aliphatic heterocycles. The molecule has 0 atom stereocenters. The third-order valence-electron chi connectivity index (χ3n) is 5.46. The molecule has 0 aliphatic carbocycles. The van der Waals surface area contributed by atoms with Crippen LogP contribution >= 0.6 is 12.2 Å². The average molecular weight is 468 g/mol. The van der Waals surface area contributed by atoms with Crippen LogP contribution < -0.4 is 10.6 Å². The minimum Gasteiger partial charge on any atom is -0.337 e. The van der Waals surface area contributed by atoms with Gasteiger partial charge in [0.1, 0.15) is 0 Å². The van der Waals surface area contributed by atoms with Crippen LogP contribution in [-0.2, 0) is 17.8 Å². The fourth-order valence-corrected chi connectivity index (χ4v) is 4.06. The Morgan fingerprint density at radius 1 is 0.853 bits per heavy atom. The summed E-state index contributed by atoms with van der Waals surface area (Å²) in [6.45, 7) is 0.514. The van der Waals surface area contributed by atoms with Crippen molar-refractivity contribution in [1.82, 2.24) is 10.2 Å². The summed E-state index contributed by atoms with van der Waals surface area (Å²) in [5.74, 6) is -0.304. The lowest BCUT2D eigenvalue weighted by molar-refractivity contribution is -0.119. The number of hydrogen-bond acceptors (Lipinski definition) is 3. The monoisotopic (exact) mass is 467 g/mol. The summed E-state index contributed by atoms with van der Waals surface area (Å²) in [7, 11) is 1.77. The Balaban J connectivity index is 1.36. The Hall–Kier alpha value is -4.03. The fraction of sp³-hybridized carbons (Fsp3) is 0.107. The maximum atomic E-state index is 12.9. The SMILES string of the molecule is CN(Cc1ccccc1)C(=O)c1cccc(NC(=S)NC(=O)Cc2cccc3ccccc23)c1. The normalized spacial score (nSPS) is 10.5. The number of fused-ring (bicyclic) bond motifs is 1. The van der Waals surface area contributed by atoms with E-state index in [2.05, 4.69) is 10.6 Å². The molecule has 0 fully saturated rings. The van der Waals surface area contributed by atoms with E-state index in [0.717, 1.165) is 21.9 Å². The van der Waals surface area contributed by atoms with E-state index >= 15 is 0 Å². The molecule has 4 rings (SSSR count). The van der Waals surface area contributed by atoms with E-state index < -0.39 is 0 Å². The van der Waals surface area contributed by atoms with Crippen LogP contribution in [-0.4, -0.2) is 28.9 Å². The molecule has 0 unspecified atom stereocenters. The summed E-state index contributed by atoms with van der Waals surface area (Å²) in [5.41, 5.74) is 3.16. The third-order valence-corrected chi connectivity index (χ3v) is 5.66. The minimum absolute atomic E-state index is 0.0987. The first-order chi connectivity index (χ1) is 16.5. The summed E-state index contributed by atoms with van der Waals surface area (Å²) in [6.07, 6.45) is 0.214. The number of thiocarbonyl (C=S) groups is 1. The summed E-state index contributed by atoms with van der Waals surface area (Å²) in [4.78, 5) is 27.1. The van der Waals surface area contributed by atoms with Gasteiger partial charge in [-0.25, -0.2) is 0 Å². The van der Waals surface area contributed by atoms with Crippen molar-refractivity contribution >= 4 is 45.6 Å². The van der Waals surface area contributed by atoms with Gasteiger partial charge < -0.3 is 15.5 Å². The highest BCUT2D eigenvalue weighted by Crippen LogP contribution is 2.19. The van der Waals surface area contributed by atoms with E-state index in [1.807, 2.05) is 72.8 Å². The summed E-state index contributed by atoms with van der Waals surface area (Å²) >= 11 is 5.33. The predicted molar refractivity (Wildman–Crippen MR) is 141 cm³/mol. The molecule has 2 N–H and O–H groups in total. The molecule has 0 bridgehead atoms. The van der Waals surface area contributed by atoms with E-state index in [9.17, 15) is 9.59 Å². The molecule has 5 nitrogen and oxygen atoms in total. The van der Waals surface area contributed by atoms with Crippen LogP contribution in [0.15, 0.2) is 97.1 Å². The number of benzene rings is 4. The third kappa shape index (κ3) is 5.85. The van der Waals surface area contributed by atoms with Crippen LogP contribution in [0.2, 0.25) is 0 Å². The lowest BCUT2D eigenvalue weighted by Crippen LogP contribution is -2.35. The van der Waals surface area contributed by atoms with Gasteiger partial charge in [0.25, 0.3) is 5.91 Å². The first-order valence-corrected chi connectivity index (χ1v) is 11.4. The Morgan fingerprint density at radius 2 is 1.56 bits per heavy atom. The molecule has 6 heteroatoms. The number of rotatable bonds is 6. The molecule has 0 saturated carbocycles. The van der Waals surface area contributed by atoms with Crippen molar-refractivity contribution in [2.45, 2.75) is 13.0 Å². The predicted octanol–water partition coefficient (Wildman–Crippen LogP) is 5.17. The van der Waals surface area contributed by atoms with Crippen LogP contribution in [0.3, 0.4) is 0 Å². The van der Waals surface area contributed by atoms with E-state index in [0.29, 0.717) is 17.8 Å². The smallest absolute Gasteiger partial charge is 0.253 e. The summed E-state index contributed by atoms with van der Waals surface area (Å²) in [6, 6.07) is 30.8. The largest absolute Gasteiger partial charge is 0.337 e. The van der Waals surface area contributed by atoms with Crippen molar-refractivity contribution < 1.29 is 9.59 Å². The zero-order valence-electron chi connectivity index (χ0n) is 18.8. The highest BCUT2D eigenvalue weighted by Gasteiger charge is 2.14. The Bertz CT molecular complexity index is 1330. The van der Waals surface area contributed by atoms with Gasteiger partial charge in [0.2, 0.25) is 5.91 Å². The topological polar surface area (TPSA) is 61.4 Å². The molecule has 4 aromatic rings. The zero-order valence-corrected chi connectivity index (χ0v) is 19.6. The average Bonchev–Trinajstić information content (AvgIpc) is 2.84. The van der Waals surface area contributed by atoms with Gasteiger partial charge in [-0.2, -0.15) is 0 Å². The zero-order chi connectivity index (χ0) is 23.9. The second-order valence-corrected chi connectivity index (χ2v) is 8.45. The number of amides is 2. The number of hydrogen-bond donors (Lipinski definition) is 2. The second-order valence-electron chi connectivity index (χ2n) is 8.04. The molecule has 2 amide bonds. The van der Waals surface area contributed by atoms with Gasteiger partial charge in [-0.1, -0.05) is 78.9 Å².